The van der Waals surface area contributed by atoms with E-state index in [1.54, 1.807) is 27.0 Å². The number of anilines is 1. The number of rotatable bonds is 5. The number of carbonyl (C=O) groups is 2. The molecule has 0 bridgehead atoms. The third-order valence-corrected chi connectivity index (χ3v) is 5.92. The second-order valence-corrected chi connectivity index (χ2v) is 7.76. The van der Waals surface area contributed by atoms with Crippen molar-refractivity contribution < 1.29 is 19.4 Å². The van der Waals surface area contributed by atoms with Crippen LogP contribution in [0.3, 0.4) is 0 Å². The zero-order valence-electron chi connectivity index (χ0n) is 16.3. The van der Waals surface area contributed by atoms with E-state index in [9.17, 15) is 14.7 Å². The highest BCUT2D eigenvalue weighted by Crippen LogP contribution is 2.29. The first-order valence-corrected chi connectivity index (χ1v) is 9.81. The summed E-state index contributed by atoms with van der Waals surface area (Å²) in [6, 6.07) is 2.83. The Morgan fingerprint density at radius 1 is 1.31 bits per heavy atom. The van der Waals surface area contributed by atoms with Gasteiger partial charge in [0.15, 0.2) is 0 Å². The molecule has 2 aromatic heterocycles. The molecule has 1 aliphatic heterocycles. The Labute approximate surface area is 178 Å². The fourth-order valence-corrected chi connectivity index (χ4v) is 3.85. The third kappa shape index (κ3) is 4.49. The van der Waals surface area contributed by atoms with Crippen molar-refractivity contribution in [2.75, 3.05) is 25.1 Å². The molecule has 1 saturated heterocycles. The molecule has 1 amide bonds. The van der Waals surface area contributed by atoms with Crippen LogP contribution in [0.4, 0.5) is 5.82 Å². The van der Waals surface area contributed by atoms with Crippen molar-refractivity contribution in [3.63, 3.8) is 0 Å². The van der Waals surface area contributed by atoms with Crippen LogP contribution in [0.1, 0.15) is 38.7 Å². The van der Waals surface area contributed by atoms with E-state index in [-0.39, 0.29) is 34.3 Å². The van der Waals surface area contributed by atoms with Gasteiger partial charge in [-0.2, -0.15) is 0 Å². The fourth-order valence-electron chi connectivity index (χ4n) is 3.43. The molecule has 10 heteroatoms. The van der Waals surface area contributed by atoms with Crippen LogP contribution in [0.2, 0.25) is 10.0 Å². The van der Waals surface area contributed by atoms with E-state index < -0.39 is 5.97 Å². The molecule has 3 N–H and O–H groups in total. The normalized spacial score (nSPS) is 19.3. The van der Waals surface area contributed by atoms with Crippen LogP contribution in [0.25, 0.3) is 0 Å². The van der Waals surface area contributed by atoms with Crippen LogP contribution in [-0.2, 0) is 4.74 Å². The first-order chi connectivity index (χ1) is 13.7. The topological polar surface area (TPSA) is 108 Å². The second kappa shape index (κ2) is 8.61. The summed E-state index contributed by atoms with van der Waals surface area (Å²) in [5.74, 6) is -0.782. The summed E-state index contributed by atoms with van der Waals surface area (Å²) in [4.78, 5) is 33.3. The van der Waals surface area contributed by atoms with E-state index in [1.165, 1.54) is 6.07 Å². The number of nitrogens with one attached hydrogen (secondary N) is 2. The number of hydrogen-bond acceptors (Lipinski definition) is 5. The van der Waals surface area contributed by atoms with Crippen LogP contribution in [-0.4, -0.2) is 59.3 Å². The number of ether oxygens (including phenoxy) is 1. The van der Waals surface area contributed by atoms with Gasteiger partial charge >= 0.3 is 5.97 Å². The number of pyridine rings is 1. The molecule has 156 valence electrons. The van der Waals surface area contributed by atoms with Crippen LogP contribution in [0, 0.1) is 13.8 Å². The maximum atomic E-state index is 12.6. The summed E-state index contributed by atoms with van der Waals surface area (Å²) in [5.41, 5.74) is 1.65. The minimum atomic E-state index is -1.00. The standard InChI is InChI=1S/C19H22Cl2N4O4/c1-9-6-11(19(27)28)7-14(22-9)25-5-4-12(13(8-25)29-3)24-18(26)17-16(21)15(20)10(2)23-17/h6-7,12-13,23H,4-5,8H2,1-3H3,(H,24,26)(H,27,28). The Kier molecular flexibility index (Phi) is 6.36. The number of aryl methyl sites for hydroxylation is 2. The smallest absolute Gasteiger partial charge is 0.335 e. The number of hydrogen-bond donors (Lipinski definition) is 3. The number of aromatic amines is 1. The van der Waals surface area contributed by atoms with Gasteiger partial charge in [0.05, 0.1) is 27.8 Å². The maximum absolute atomic E-state index is 12.6. The summed E-state index contributed by atoms with van der Waals surface area (Å²) in [7, 11) is 1.57. The van der Waals surface area contributed by atoms with Crippen molar-refractivity contribution in [2.24, 2.45) is 0 Å². The highest BCUT2D eigenvalue weighted by atomic mass is 35.5. The molecule has 2 unspecified atom stereocenters. The molecule has 3 rings (SSSR count). The third-order valence-electron chi connectivity index (χ3n) is 4.97. The number of aromatic nitrogens is 2. The van der Waals surface area contributed by atoms with Gasteiger partial charge in [0, 0.05) is 31.6 Å². The lowest BCUT2D eigenvalue weighted by atomic mass is 10.0. The van der Waals surface area contributed by atoms with Gasteiger partial charge in [-0.1, -0.05) is 23.2 Å². The highest BCUT2D eigenvalue weighted by molar-refractivity contribution is 6.44. The Balaban J connectivity index is 1.74. The number of piperidine rings is 1. The molecule has 1 fully saturated rings. The number of nitrogens with zero attached hydrogens (tertiary/aromatic N) is 2. The summed E-state index contributed by atoms with van der Waals surface area (Å²) >= 11 is 12.2. The van der Waals surface area contributed by atoms with Crippen LogP contribution >= 0.6 is 23.2 Å². The summed E-state index contributed by atoms with van der Waals surface area (Å²) in [6.07, 6.45) is 0.279. The van der Waals surface area contributed by atoms with Gasteiger partial charge in [-0.15, -0.1) is 0 Å². The minimum Gasteiger partial charge on any atom is -0.478 e. The molecule has 1 aliphatic rings. The predicted octanol–water partition coefficient (Wildman–Crippen LogP) is 3.06. The van der Waals surface area contributed by atoms with E-state index in [2.05, 4.69) is 15.3 Å². The van der Waals surface area contributed by atoms with Gasteiger partial charge in [0.2, 0.25) is 0 Å². The van der Waals surface area contributed by atoms with Crippen molar-refractivity contribution in [1.82, 2.24) is 15.3 Å². The maximum Gasteiger partial charge on any atom is 0.335 e. The van der Waals surface area contributed by atoms with Crippen molar-refractivity contribution in [2.45, 2.75) is 32.4 Å². The van der Waals surface area contributed by atoms with Crippen LogP contribution < -0.4 is 10.2 Å². The van der Waals surface area contributed by atoms with Crippen LogP contribution in [0.5, 0.6) is 0 Å². The fraction of sp³-hybridized carbons (Fsp3) is 0.421. The van der Waals surface area contributed by atoms with E-state index in [0.717, 1.165) is 0 Å². The second-order valence-electron chi connectivity index (χ2n) is 7.00. The van der Waals surface area contributed by atoms with Gasteiger partial charge in [0.1, 0.15) is 11.5 Å². The van der Waals surface area contributed by atoms with E-state index in [1.807, 2.05) is 4.90 Å². The molecular weight excluding hydrogens is 419 g/mol. The number of H-pyrrole nitrogens is 1. The monoisotopic (exact) mass is 440 g/mol. The minimum absolute atomic E-state index is 0.186. The Morgan fingerprint density at radius 2 is 2.03 bits per heavy atom. The van der Waals surface area contributed by atoms with Crippen molar-refractivity contribution in [1.29, 1.82) is 0 Å². The number of carboxylic acids is 1. The van der Waals surface area contributed by atoms with E-state index >= 15 is 0 Å². The average Bonchev–Trinajstić information content (AvgIpc) is 2.95. The molecule has 0 saturated carbocycles. The lowest BCUT2D eigenvalue weighted by molar-refractivity contribution is 0.0538. The number of carboxylic acid groups (broad SMARTS) is 1. The Bertz CT molecular complexity index is 947. The van der Waals surface area contributed by atoms with Gasteiger partial charge in [-0.05, 0) is 32.4 Å². The molecule has 0 aromatic carbocycles. The molecule has 2 aromatic rings. The molecule has 0 radical (unpaired) electrons. The highest BCUT2D eigenvalue weighted by Gasteiger charge is 2.32. The van der Waals surface area contributed by atoms with Crippen molar-refractivity contribution in [3.8, 4) is 0 Å². The molecule has 0 spiro atoms. The summed E-state index contributed by atoms with van der Waals surface area (Å²) < 4.78 is 5.59. The zero-order chi connectivity index (χ0) is 21.3. The lowest BCUT2D eigenvalue weighted by Gasteiger charge is -2.38. The van der Waals surface area contributed by atoms with Crippen molar-refractivity contribution in [3.05, 3.63) is 44.8 Å². The molecule has 29 heavy (non-hydrogen) atoms. The van der Waals surface area contributed by atoms with Gasteiger partial charge in [0.25, 0.3) is 5.91 Å². The number of aromatic carboxylic acids is 1. The first kappa shape index (κ1) is 21.4. The quantitative estimate of drug-likeness (QED) is 0.659. The molecule has 8 nitrogen and oxygen atoms in total. The zero-order valence-corrected chi connectivity index (χ0v) is 17.8. The molecule has 0 aliphatic carbocycles. The van der Waals surface area contributed by atoms with Gasteiger partial charge in [-0.25, -0.2) is 9.78 Å². The Morgan fingerprint density at radius 3 is 2.62 bits per heavy atom. The average molecular weight is 441 g/mol. The number of amides is 1. The summed E-state index contributed by atoms with van der Waals surface area (Å²) in [5, 5.41) is 12.8. The molecule has 3 heterocycles. The SMILES string of the molecule is COC1CN(c2cc(C(=O)O)cc(C)n2)CCC1NC(=O)c1[nH]c(C)c(Cl)c1Cl. The number of halogens is 2. The molecular formula is C19H22Cl2N4O4. The Hall–Kier alpha value is -2.29. The van der Waals surface area contributed by atoms with Crippen molar-refractivity contribution >= 4 is 40.9 Å². The largest absolute Gasteiger partial charge is 0.478 e. The number of methoxy groups -OCH3 is 1. The van der Waals surface area contributed by atoms with Gasteiger partial charge in [-0.3, -0.25) is 4.79 Å². The number of carbonyl (C=O) groups excluding carboxylic acids is 1. The van der Waals surface area contributed by atoms with E-state index in [0.29, 0.717) is 41.7 Å². The van der Waals surface area contributed by atoms with E-state index in [4.69, 9.17) is 27.9 Å². The van der Waals surface area contributed by atoms with Gasteiger partial charge < -0.3 is 25.0 Å². The van der Waals surface area contributed by atoms with Crippen LogP contribution in [0.15, 0.2) is 12.1 Å². The lowest BCUT2D eigenvalue weighted by Crippen LogP contribution is -2.55. The summed E-state index contributed by atoms with van der Waals surface area (Å²) in [6.45, 7) is 4.53. The first-order valence-electron chi connectivity index (χ1n) is 9.05. The predicted molar refractivity (Wildman–Crippen MR) is 110 cm³/mol. The molecule has 2 atom stereocenters.